The largest absolute Gasteiger partial charge is 0.384 e. The summed E-state index contributed by atoms with van der Waals surface area (Å²) in [5.74, 6) is 0.597. The van der Waals surface area contributed by atoms with Crippen LogP contribution in [0, 0.1) is 11.8 Å². The number of hydrogen-bond donors (Lipinski definition) is 1. The lowest BCUT2D eigenvalue weighted by Crippen LogP contribution is -2.53. The van der Waals surface area contributed by atoms with Gasteiger partial charge < -0.3 is 14.9 Å². The van der Waals surface area contributed by atoms with Gasteiger partial charge in [0, 0.05) is 29.9 Å². The molecule has 0 amide bonds. The number of benzene rings is 1. The van der Waals surface area contributed by atoms with E-state index in [1.807, 2.05) is 18.2 Å². The van der Waals surface area contributed by atoms with Crippen LogP contribution in [0.15, 0.2) is 24.3 Å². The molecule has 2 atom stereocenters. The van der Waals surface area contributed by atoms with Gasteiger partial charge in [-0.05, 0) is 82.4 Å². The van der Waals surface area contributed by atoms with Gasteiger partial charge in [-0.25, -0.2) is 0 Å². The second-order valence-electron chi connectivity index (χ2n) is 9.38. The van der Waals surface area contributed by atoms with E-state index in [2.05, 4.69) is 15.9 Å². The average Bonchev–Trinajstić information content (AvgIpc) is 2.73. The molecule has 0 spiro atoms. The number of piperidine rings is 2. The molecule has 4 heteroatoms. The molecule has 4 rings (SSSR count). The van der Waals surface area contributed by atoms with Crippen LogP contribution in [0.25, 0.3) is 0 Å². The topological polar surface area (TPSA) is 26.7 Å². The predicted molar refractivity (Wildman–Crippen MR) is 117 cm³/mol. The van der Waals surface area contributed by atoms with Gasteiger partial charge in [0.1, 0.15) is 0 Å². The van der Waals surface area contributed by atoms with Crippen LogP contribution in [0.1, 0.15) is 63.4 Å². The van der Waals surface area contributed by atoms with Crippen LogP contribution in [0.2, 0.25) is 5.02 Å². The lowest BCUT2D eigenvalue weighted by Gasteiger charge is -2.49. The van der Waals surface area contributed by atoms with E-state index >= 15 is 0 Å². The average molecular weight is 405 g/mol. The van der Waals surface area contributed by atoms with Gasteiger partial charge in [-0.2, -0.15) is 0 Å². The smallest absolute Gasteiger partial charge is 0.0977 e. The van der Waals surface area contributed by atoms with Crippen molar-refractivity contribution in [3.63, 3.8) is 0 Å². The molecule has 0 aromatic heterocycles. The zero-order valence-electron chi connectivity index (χ0n) is 17.3. The summed E-state index contributed by atoms with van der Waals surface area (Å²) in [5.41, 5.74) is 0.279. The Bertz CT molecular complexity index is 597. The van der Waals surface area contributed by atoms with Crippen molar-refractivity contribution in [3.05, 3.63) is 34.9 Å². The Morgan fingerprint density at radius 1 is 0.821 bits per heavy atom. The molecule has 28 heavy (non-hydrogen) atoms. The molecule has 3 aliphatic rings. The molecule has 0 radical (unpaired) electrons. The third-order valence-electron chi connectivity index (χ3n) is 7.49. The first-order valence-electron chi connectivity index (χ1n) is 11.6. The van der Waals surface area contributed by atoms with E-state index in [9.17, 15) is 5.11 Å². The van der Waals surface area contributed by atoms with Crippen LogP contribution in [-0.4, -0.2) is 54.2 Å². The Morgan fingerprint density at radius 2 is 1.36 bits per heavy atom. The number of hydrogen-bond acceptors (Lipinski definition) is 3. The Hall–Kier alpha value is -0.610. The summed E-state index contributed by atoms with van der Waals surface area (Å²) in [6.45, 7) is 6.83. The normalized spacial score (nSPS) is 33.1. The van der Waals surface area contributed by atoms with E-state index in [1.54, 1.807) is 0 Å². The van der Waals surface area contributed by atoms with Gasteiger partial charge in [-0.1, -0.05) is 43.0 Å². The van der Waals surface area contributed by atoms with Crippen LogP contribution in [-0.2, 0) is 5.60 Å². The standard InChI is InChI=1S/C24H37ClN2O/c25-23-12-8-9-20(17-23)24(28)21(18-26-13-3-1-4-14-26)10-7-11-22(24)19-27-15-5-2-6-16-27/h8-9,12,17,21-22,28H,1-7,10-11,13-16,18-19H2. The second-order valence-corrected chi connectivity index (χ2v) is 9.82. The SMILES string of the molecule is OC1(c2cccc(Cl)c2)C(CN2CCCCC2)CCCC1CN1CCCCC1. The first-order chi connectivity index (χ1) is 13.7. The Balaban J connectivity index is 1.59. The van der Waals surface area contributed by atoms with Crippen LogP contribution < -0.4 is 0 Å². The zero-order valence-corrected chi connectivity index (χ0v) is 18.0. The molecule has 1 aromatic rings. The molecule has 2 aliphatic heterocycles. The molecule has 3 nitrogen and oxygen atoms in total. The van der Waals surface area contributed by atoms with Crippen molar-refractivity contribution in [2.75, 3.05) is 39.3 Å². The van der Waals surface area contributed by atoms with Gasteiger partial charge in [0.25, 0.3) is 0 Å². The lowest BCUT2D eigenvalue weighted by atomic mass is 9.64. The number of nitrogens with zero attached hydrogens (tertiary/aromatic N) is 2. The van der Waals surface area contributed by atoms with Crippen molar-refractivity contribution in [1.82, 2.24) is 9.80 Å². The molecular formula is C24H37ClN2O. The molecule has 1 N–H and O–H groups in total. The van der Waals surface area contributed by atoms with E-state index < -0.39 is 5.60 Å². The Morgan fingerprint density at radius 3 is 1.86 bits per heavy atom. The van der Waals surface area contributed by atoms with Crippen molar-refractivity contribution in [2.45, 2.75) is 63.4 Å². The van der Waals surface area contributed by atoms with Gasteiger partial charge in [0.05, 0.1) is 5.60 Å². The van der Waals surface area contributed by atoms with Crippen LogP contribution in [0.3, 0.4) is 0 Å². The molecule has 1 aliphatic carbocycles. The zero-order chi connectivity index (χ0) is 19.4. The van der Waals surface area contributed by atoms with Crippen LogP contribution in [0.5, 0.6) is 0 Å². The summed E-state index contributed by atoms with van der Waals surface area (Å²) in [6, 6.07) is 8.08. The third-order valence-corrected chi connectivity index (χ3v) is 7.73. The third kappa shape index (κ3) is 4.59. The molecule has 3 fully saturated rings. The first-order valence-corrected chi connectivity index (χ1v) is 12.0. The van der Waals surface area contributed by atoms with Crippen molar-refractivity contribution in [2.24, 2.45) is 11.8 Å². The highest BCUT2D eigenvalue weighted by atomic mass is 35.5. The number of rotatable bonds is 5. The molecule has 2 heterocycles. The van der Waals surface area contributed by atoms with E-state index in [-0.39, 0.29) is 0 Å². The maximum atomic E-state index is 12.3. The Labute approximate surface area is 176 Å². The fourth-order valence-corrected chi connectivity index (χ4v) is 6.15. The molecule has 1 aromatic carbocycles. The maximum absolute atomic E-state index is 12.3. The minimum absolute atomic E-state index is 0.299. The van der Waals surface area contributed by atoms with Gasteiger partial charge in [0.15, 0.2) is 0 Å². The molecule has 2 saturated heterocycles. The van der Waals surface area contributed by atoms with Crippen LogP contribution >= 0.6 is 11.6 Å². The predicted octanol–water partition coefficient (Wildman–Crippen LogP) is 4.92. The number of aliphatic hydroxyl groups is 1. The van der Waals surface area contributed by atoms with Crippen molar-refractivity contribution in [3.8, 4) is 0 Å². The fraction of sp³-hybridized carbons (Fsp3) is 0.750. The summed E-state index contributed by atoms with van der Waals surface area (Å²) in [6.07, 6.45) is 11.4. The lowest BCUT2D eigenvalue weighted by molar-refractivity contribution is -0.119. The summed E-state index contributed by atoms with van der Waals surface area (Å²) >= 11 is 6.37. The number of halogens is 1. The summed E-state index contributed by atoms with van der Waals surface area (Å²) in [5, 5.41) is 13.1. The fourth-order valence-electron chi connectivity index (χ4n) is 5.96. The maximum Gasteiger partial charge on any atom is 0.0977 e. The van der Waals surface area contributed by atoms with Gasteiger partial charge >= 0.3 is 0 Å². The highest BCUT2D eigenvalue weighted by Crippen LogP contribution is 2.47. The summed E-state index contributed by atoms with van der Waals surface area (Å²) in [4.78, 5) is 5.21. The second kappa shape index (κ2) is 9.47. The first kappa shape index (κ1) is 20.7. The van der Waals surface area contributed by atoms with Crippen LogP contribution in [0.4, 0.5) is 0 Å². The summed E-state index contributed by atoms with van der Waals surface area (Å²) < 4.78 is 0. The van der Waals surface area contributed by atoms with Crippen molar-refractivity contribution >= 4 is 11.6 Å². The van der Waals surface area contributed by atoms with Gasteiger partial charge in [-0.15, -0.1) is 0 Å². The highest BCUT2D eigenvalue weighted by molar-refractivity contribution is 6.30. The molecule has 2 unspecified atom stereocenters. The van der Waals surface area contributed by atoms with Gasteiger partial charge in [0.2, 0.25) is 0 Å². The monoisotopic (exact) mass is 404 g/mol. The van der Waals surface area contributed by atoms with E-state index in [0.29, 0.717) is 11.8 Å². The number of likely N-dealkylation sites (tertiary alicyclic amines) is 2. The quantitative estimate of drug-likeness (QED) is 0.754. The molecule has 156 valence electrons. The minimum Gasteiger partial charge on any atom is -0.384 e. The van der Waals surface area contributed by atoms with Gasteiger partial charge in [-0.3, -0.25) is 0 Å². The molecular weight excluding hydrogens is 368 g/mol. The molecule has 1 saturated carbocycles. The minimum atomic E-state index is -0.766. The molecule has 0 bridgehead atoms. The van der Waals surface area contributed by atoms with Crippen molar-refractivity contribution in [1.29, 1.82) is 0 Å². The Kier molecular flexibility index (Phi) is 6.98. The van der Waals surface area contributed by atoms with E-state index in [1.165, 1.54) is 71.1 Å². The van der Waals surface area contributed by atoms with Crippen molar-refractivity contribution < 1.29 is 5.11 Å². The summed E-state index contributed by atoms with van der Waals surface area (Å²) in [7, 11) is 0. The van der Waals surface area contributed by atoms with E-state index in [4.69, 9.17) is 11.6 Å². The van der Waals surface area contributed by atoms with E-state index in [0.717, 1.165) is 36.5 Å². The highest BCUT2D eigenvalue weighted by Gasteiger charge is 2.48.